The molecule has 0 aliphatic heterocycles. The summed E-state index contributed by atoms with van der Waals surface area (Å²) in [4.78, 5) is 12.0. The van der Waals surface area contributed by atoms with Crippen molar-refractivity contribution in [1.82, 2.24) is 15.5 Å². The number of hydrogen-bond donors (Lipinski definition) is 2. The van der Waals surface area contributed by atoms with Crippen molar-refractivity contribution < 1.29 is 4.79 Å². The molecule has 3 rings (SSSR count). The lowest BCUT2D eigenvalue weighted by atomic mass is 10.2. The molecule has 0 fully saturated rings. The van der Waals surface area contributed by atoms with Crippen LogP contribution in [0.1, 0.15) is 27.3 Å². The maximum absolute atomic E-state index is 12.0. The fourth-order valence-corrected chi connectivity index (χ4v) is 2.05. The van der Waals surface area contributed by atoms with Gasteiger partial charge in [0.25, 0.3) is 5.91 Å². The molecule has 0 radical (unpaired) electrons. The molecule has 1 aromatic carbocycles. The number of H-pyrrole nitrogens is 1. The second kappa shape index (κ2) is 4.49. The number of aromatic nitrogens is 2. The Morgan fingerprint density at radius 3 is 3.00 bits per heavy atom. The van der Waals surface area contributed by atoms with Gasteiger partial charge < -0.3 is 5.32 Å². The van der Waals surface area contributed by atoms with Crippen molar-refractivity contribution in [3.8, 4) is 0 Å². The summed E-state index contributed by atoms with van der Waals surface area (Å²) in [6.07, 6.45) is 4.79. The van der Waals surface area contributed by atoms with Crippen LogP contribution in [0.15, 0.2) is 36.4 Å². The Hall–Kier alpha value is -2.36. The standard InChI is InChI=1S/C14H13N3O/c18-14(15-9-10-5-2-1-3-6-10)13-11-7-4-8-12(11)16-17-13/h1-7H,8-9H2,(H,15,18)(H,16,17). The molecule has 4 nitrogen and oxygen atoms in total. The molecule has 0 atom stereocenters. The third kappa shape index (κ3) is 1.93. The molecule has 1 heterocycles. The molecule has 2 N–H and O–H groups in total. The molecular formula is C14H13N3O. The molecule has 1 aromatic heterocycles. The van der Waals surface area contributed by atoms with Crippen molar-refractivity contribution in [2.45, 2.75) is 13.0 Å². The van der Waals surface area contributed by atoms with Crippen molar-refractivity contribution in [3.05, 3.63) is 58.9 Å². The highest BCUT2D eigenvalue weighted by Crippen LogP contribution is 2.20. The number of amides is 1. The molecule has 18 heavy (non-hydrogen) atoms. The summed E-state index contributed by atoms with van der Waals surface area (Å²) in [5.74, 6) is -0.136. The highest BCUT2D eigenvalue weighted by molar-refractivity contribution is 5.96. The summed E-state index contributed by atoms with van der Waals surface area (Å²) in [6, 6.07) is 9.83. The van der Waals surface area contributed by atoms with E-state index in [2.05, 4.69) is 15.5 Å². The van der Waals surface area contributed by atoms with Crippen molar-refractivity contribution in [3.63, 3.8) is 0 Å². The van der Waals surface area contributed by atoms with Crippen LogP contribution < -0.4 is 5.32 Å². The predicted octanol–water partition coefficient (Wildman–Crippen LogP) is 1.91. The average molecular weight is 239 g/mol. The fraction of sp³-hybridized carbons (Fsp3) is 0.143. The minimum absolute atomic E-state index is 0.136. The smallest absolute Gasteiger partial charge is 0.272 e. The summed E-state index contributed by atoms with van der Waals surface area (Å²) in [6.45, 7) is 0.519. The average Bonchev–Trinajstić information content (AvgIpc) is 2.99. The van der Waals surface area contributed by atoms with E-state index in [0.29, 0.717) is 12.2 Å². The van der Waals surface area contributed by atoms with Crippen LogP contribution in [0.5, 0.6) is 0 Å². The first-order valence-electron chi connectivity index (χ1n) is 5.90. The van der Waals surface area contributed by atoms with E-state index in [9.17, 15) is 4.79 Å². The number of nitrogens with zero attached hydrogens (tertiary/aromatic N) is 1. The molecule has 0 saturated heterocycles. The Balaban J connectivity index is 1.70. The van der Waals surface area contributed by atoms with E-state index >= 15 is 0 Å². The fourth-order valence-electron chi connectivity index (χ4n) is 2.05. The monoisotopic (exact) mass is 239 g/mol. The molecule has 1 aliphatic rings. The molecule has 1 aliphatic carbocycles. The summed E-state index contributed by atoms with van der Waals surface area (Å²) >= 11 is 0. The number of allylic oxidation sites excluding steroid dienone is 1. The topological polar surface area (TPSA) is 57.8 Å². The molecule has 0 spiro atoms. The van der Waals surface area contributed by atoms with E-state index in [4.69, 9.17) is 0 Å². The third-order valence-electron chi connectivity index (χ3n) is 3.00. The Morgan fingerprint density at radius 2 is 2.17 bits per heavy atom. The second-order valence-electron chi connectivity index (χ2n) is 4.24. The van der Waals surface area contributed by atoms with Crippen LogP contribution in [0.4, 0.5) is 0 Å². The highest BCUT2D eigenvalue weighted by atomic mass is 16.1. The van der Waals surface area contributed by atoms with Crippen LogP contribution in [0.2, 0.25) is 0 Å². The van der Waals surface area contributed by atoms with Gasteiger partial charge in [-0.15, -0.1) is 0 Å². The van der Waals surface area contributed by atoms with Gasteiger partial charge in [0.1, 0.15) is 0 Å². The third-order valence-corrected chi connectivity index (χ3v) is 3.00. The second-order valence-corrected chi connectivity index (χ2v) is 4.24. The Bertz CT molecular complexity index is 599. The first-order valence-corrected chi connectivity index (χ1v) is 5.90. The van der Waals surface area contributed by atoms with E-state index in [1.165, 1.54) is 0 Å². The van der Waals surface area contributed by atoms with Gasteiger partial charge in [0.05, 0.1) is 0 Å². The number of hydrogen-bond acceptors (Lipinski definition) is 2. The minimum atomic E-state index is -0.136. The van der Waals surface area contributed by atoms with Crippen LogP contribution in [-0.2, 0) is 13.0 Å². The summed E-state index contributed by atoms with van der Waals surface area (Å²) in [5.41, 5.74) is 3.49. The summed E-state index contributed by atoms with van der Waals surface area (Å²) < 4.78 is 0. The SMILES string of the molecule is O=C(NCc1ccccc1)c1n[nH]c2c1C=CC2. The van der Waals surface area contributed by atoms with Crippen LogP contribution in [0.3, 0.4) is 0 Å². The van der Waals surface area contributed by atoms with Crippen LogP contribution in [-0.4, -0.2) is 16.1 Å². The van der Waals surface area contributed by atoms with Gasteiger partial charge in [-0.2, -0.15) is 5.10 Å². The van der Waals surface area contributed by atoms with Crippen molar-refractivity contribution in [1.29, 1.82) is 0 Å². The quantitative estimate of drug-likeness (QED) is 0.859. The number of nitrogens with one attached hydrogen (secondary N) is 2. The molecule has 2 aromatic rings. The Labute approximate surface area is 105 Å². The first-order chi connectivity index (χ1) is 8.84. The van der Waals surface area contributed by atoms with Crippen molar-refractivity contribution >= 4 is 12.0 Å². The first kappa shape index (κ1) is 10.8. The normalized spacial score (nSPS) is 12.4. The molecule has 4 heteroatoms. The van der Waals surface area contributed by atoms with Gasteiger partial charge in [-0.3, -0.25) is 9.89 Å². The number of rotatable bonds is 3. The number of carbonyl (C=O) groups is 1. The van der Waals surface area contributed by atoms with E-state index in [0.717, 1.165) is 23.2 Å². The van der Waals surface area contributed by atoms with Crippen molar-refractivity contribution in [2.24, 2.45) is 0 Å². The zero-order valence-corrected chi connectivity index (χ0v) is 9.81. The summed E-state index contributed by atoms with van der Waals surface area (Å²) in [5, 5.41) is 9.83. The molecule has 1 amide bonds. The van der Waals surface area contributed by atoms with Gasteiger partial charge in [-0.25, -0.2) is 0 Å². The maximum atomic E-state index is 12.0. The van der Waals surface area contributed by atoms with Gasteiger partial charge in [-0.1, -0.05) is 42.5 Å². The Kier molecular flexibility index (Phi) is 2.68. The number of fused-ring (bicyclic) bond motifs is 1. The van der Waals surface area contributed by atoms with E-state index in [-0.39, 0.29) is 5.91 Å². The van der Waals surface area contributed by atoms with Crippen LogP contribution in [0.25, 0.3) is 6.08 Å². The van der Waals surface area contributed by atoms with Gasteiger partial charge in [-0.05, 0) is 5.56 Å². The highest BCUT2D eigenvalue weighted by Gasteiger charge is 2.19. The number of aromatic amines is 1. The van der Waals surface area contributed by atoms with Gasteiger partial charge >= 0.3 is 0 Å². The number of benzene rings is 1. The van der Waals surface area contributed by atoms with E-state index in [1.54, 1.807) is 0 Å². The largest absolute Gasteiger partial charge is 0.347 e. The van der Waals surface area contributed by atoms with Gasteiger partial charge in [0.15, 0.2) is 5.69 Å². The van der Waals surface area contributed by atoms with Crippen LogP contribution in [0, 0.1) is 0 Å². The zero-order valence-electron chi connectivity index (χ0n) is 9.81. The minimum Gasteiger partial charge on any atom is -0.347 e. The number of carbonyl (C=O) groups excluding carboxylic acids is 1. The van der Waals surface area contributed by atoms with E-state index < -0.39 is 0 Å². The lowest BCUT2D eigenvalue weighted by molar-refractivity contribution is 0.0945. The Morgan fingerprint density at radius 1 is 1.33 bits per heavy atom. The lowest BCUT2D eigenvalue weighted by Gasteiger charge is -2.03. The van der Waals surface area contributed by atoms with E-state index in [1.807, 2.05) is 42.5 Å². The van der Waals surface area contributed by atoms with Crippen molar-refractivity contribution in [2.75, 3.05) is 0 Å². The molecule has 0 saturated carbocycles. The molecule has 90 valence electrons. The molecular weight excluding hydrogens is 226 g/mol. The summed E-state index contributed by atoms with van der Waals surface area (Å²) in [7, 11) is 0. The van der Waals surface area contributed by atoms with Gasteiger partial charge in [0.2, 0.25) is 0 Å². The predicted molar refractivity (Wildman–Crippen MR) is 68.9 cm³/mol. The van der Waals surface area contributed by atoms with Gasteiger partial charge in [0, 0.05) is 24.2 Å². The zero-order chi connectivity index (χ0) is 12.4. The lowest BCUT2D eigenvalue weighted by Crippen LogP contribution is -2.23. The maximum Gasteiger partial charge on any atom is 0.272 e. The molecule has 0 bridgehead atoms. The molecule has 0 unspecified atom stereocenters. The van der Waals surface area contributed by atoms with Crippen LogP contribution >= 0.6 is 0 Å².